The van der Waals surface area contributed by atoms with Gasteiger partial charge in [-0.1, -0.05) is 133 Å². The van der Waals surface area contributed by atoms with E-state index in [0.717, 1.165) is 17.1 Å². The molecule has 2 nitrogen and oxygen atoms in total. The lowest BCUT2D eigenvalue weighted by Gasteiger charge is -2.27. The van der Waals surface area contributed by atoms with Crippen molar-refractivity contribution in [1.29, 1.82) is 0 Å². The number of aromatic nitrogens is 1. The molecular formula is C52H32N2S2. The van der Waals surface area contributed by atoms with E-state index in [9.17, 15) is 0 Å². The molecule has 56 heavy (non-hydrogen) atoms. The molecule has 0 aliphatic rings. The molecule has 0 atom stereocenters. The van der Waals surface area contributed by atoms with Gasteiger partial charge in [-0.25, -0.2) is 0 Å². The van der Waals surface area contributed by atoms with Crippen LogP contribution in [0.25, 0.3) is 89.7 Å². The van der Waals surface area contributed by atoms with Crippen LogP contribution in [-0.2, 0) is 0 Å². The monoisotopic (exact) mass is 748 g/mol. The number of thiophene rings is 2. The van der Waals surface area contributed by atoms with Gasteiger partial charge in [0.1, 0.15) is 0 Å². The molecule has 0 bridgehead atoms. The first-order valence-corrected chi connectivity index (χ1v) is 20.6. The summed E-state index contributed by atoms with van der Waals surface area (Å²) in [5, 5.41) is 10.2. The Morgan fingerprint density at radius 2 is 1.04 bits per heavy atom. The third kappa shape index (κ3) is 4.73. The second kappa shape index (κ2) is 12.4. The van der Waals surface area contributed by atoms with Crippen molar-refractivity contribution in [3.63, 3.8) is 0 Å². The van der Waals surface area contributed by atoms with E-state index in [0.29, 0.717) is 0 Å². The van der Waals surface area contributed by atoms with Crippen molar-refractivity contribution in [3.8, 4) is 16.8 Å². The summed E-state index contributed by atoms with van der Waals surface area (Å²) in [5.74, 6) is 0. The first-order chi connectivity index (χ1) is 27.8. The fraction of sp³-hybridized carbons (Fsp3) is 0. The highest BCUT2D eigenvalue weighted by Crippen LogP contribution is 2.49. The lowest BCUT2D eigenvalue weighted by Crippen LogP contribution is -2.10. The molecule has 4 heteroatoms. The molecule has 3 aromatic heterocycles. The summed E-state index contributed by atoms with van der Waals surface area (Å²) in [6.07, 6.45) is 0. The van der Waals surface area contributed by atoms with Crippen LogP contribution >= 0.6 is 22.7 Å². The van der Waals surface area contributed by atoms with E-state index in [2.05, 4.69) is 204 Å². The van der Waals surface area contributed by atoms with E-state index in [4.69, 9.17) is 0 Å². The summed E-state index contributed by atoms with van der Waals surface area (Å²) < 4.78 is 7.66. The average Bonchev–Trinajstić information content (AvgIpc) is 3.94. The molecule has 3 heterocycles. The first-order valence-electron chi connectivity index (χ1n) is 19.0. The molecule has 9 aromatic carbocycles. The Morgan fingerprint density at radius 3 is 1.84 bits per heavy atom. The van der Waals surface area contributed by atoms with Crippen molar-refractivity contribution in [2.24, 2.45) is 0 Å². The number of benzene rings is 9. The largest absolute Gasteiger partial charge is 0.309 e. The number of nitrogens with zero attached hydrogens (tertiary/aromatic N) is 2. The molecule has 262 valence electrons. The van der Waals surface area contributed by atoms with Crippen molar-refractivity contribution in [3.05, 3.63) is 194 Å². The second-order valence-electron chi connectivity index (χ2n) is 14.5. The van der Waals surface area contributed by atoms with Crippen molar-refractivity contribution >= 4 is 113 Å². The van der Waals surface area contributed by atoms with Gasteiger partial charge in [0, 0.05) is 74.4 Å². The molecule has 0 unspecified atom stereocenters. The number of hydrogen-bond acceptors (Lipinski definition) is 3. The Balaban J connectivity index is 1.17. The highest BCUT2D eigenvalue weighted by Gasteiger charge is 2.22. The Kier molecular flexibility index (Phi) is 7.00. The summed E-state index contributed by atoms with van der Waals surface area (Å²) in [6, 6.07) is 71.4. The van der Waals surface area contributed by atoms with Gasteiger partial charge >= 0.3 is 0 Å². The van der Waals surface area contributed by atoms with Crippen LogP contribution < -0.4 is 4.90 Å². The maximum Gasteiger partial charge on any atom is 0.0640 e. The van der Waals surface area contributed by atoms with Crippen molar-refractivity contribution in [2.75, 3.05) is 4.90 Å². The SMILES string of the molecule is c1ccc(N(c2cc(-c3ccc4c5ccc6ccccc6c5n(-c5ccccc5)c4c3)c3sc4ccccc4c3c2)c2cccc3c2sc2ccccc23)cc1. The molecule has 12 aromatic rings. The summed E-state index contributed by atoms with van der Waals surface area (Å²) in [4.78, 5) is 2.47. The standard InChI is InChI=1S/C52H32N2S2/c1-3-15-35(16-4-1)53(46-23-13-22-43-40-20-9-11-24-48(40)56-52(43)46)37-31-44(51-45(32-37)41-21-10-12-25-49(41)55-51)34-27-28-39-42-29-26-33-14-7-8-19-38(33)50(42)54(47(39)30-34)36-17-5-2-6-18-36/h1-32H. The molecule has 0 aliphatic heterocycles. The number of hydrogen-bond donors (Lipinski definition) is 0. The zero-order valence-electron chi connectivity index (χ0n) is 30.2. The van der Waals surface area contributed by atoms with Gasteiger partial charge in [0.15, 0.2) is 0 Å². The van der Waals surface area contributed by atoms with Crippen LogP contribution in [0.3, 0.4) is 0 Å². The van der Waals surface area contributed by atoms with E-state index in [-0.39, 0.29) is 0 Å². The van der Waals surface area contributed by atoms with Gasteiger partial charge in [-0.3, -0.25) is 0 Å². The maximum atomic E-state index is 2.47. The van der Waals surface area contributed by atoms with Crippen LogP contribution in [0, 0.1) is 0 Å². The fourth-order valence-electron chi connectivity index (χ4n) is 8.86. The Hall–Kier alpha value is -6.72. The molecule has 0 N–H and O–H groups in total. The minimum Gasteiger partial charge on any atom is -0.309 e. The summed E-state index contributed by atoms with van der Waals surface area (Å²) >= 11 is 3.77. The van der Waals surface area contributed by atoms with Crippen LogP contribution in [-0.4, -0.2) is 4.57 Å². The van der Waals surface area contributed by atoms with Crippen LogP contribution in [0.2, 0.25) is 0 Å². The average molecular weight is 749 g/mol. The maximum absolute atomic E-state index is 2.47. The summed E-state index contributed by atoms with van der Waals surface area (Å²) in [7, 11) is 0. The van der Waals surface area contributed by atoms with E-state index < -0.39 is 0 Å². The molecule has 0 spiro atoms. The van der Waals surface area contributed by atoms with Gasteiger partial charge < -0.3 is 9.47 Å². The lowest BCUT2D eigenvalue weighted by molar-refractivity contribution is 1.19. The summed E-state index contributed by atoms with van der Waals surface area (Å²) in [5.41, 5.74) is 9.51. The zero-order chi connectivity index (χ0) is 36.7. The quantitative estimate of drug-likeness (QED) is 0.170. The number of fused-ring (bicyclic) bond motifs is 11. The smallest absolute Gasteiger partial charge is 0.0640 e. The highest BCUT2D eigenvalue weighted by molar-refractivity contribution is 7.26. The van der Waals surface area contributed by atoms with E-state index in [1.54, 1.807) is 0 Å². The van der Waals surface area contributed by atoms with Gasteiger partial charge in [0.2, 0.25) is 0 Å². The molecule has 0 saturated heterocycles. The van der Waals surface area contributed by atoms with Crippen LogP contribution in [0.15, 0.2) is 194 Å². The van der Waals surface area contributed by atoms with E-state index in [1.165, 1.54) is 89.7 Å². The van der Waals surface area contributed by atoms with Crippen molar-refractivity contribution in [1.82, 2.24) is 4.57 Å². The van der Waals surface area contributed by atoms with Gasteiger partial charge in [-0.15, -0.1) is 22.7 Å². The molecule has 12 rings (SSSR count). The number of anilines is 3. The normalized spacial score (nSPS) is 11.9. The molecule has 0 radical (unpaired) electrons. The Morgan fingerprint density at radius 1 is 0.393 bits per heavy atom. The van der Waals surface area contributed by atoms with Crippen LogP contribution in [0.4, 0.5) is 17.1 Å². The van der Waals surface area contributed by atoms with Gasteiger partial charge in [-0.05, 0) is 71.6 Å². The molecule has 0 saturated carbocycles. The van der Waals surface area contributed by atoms with Crippen LogP contribution in [0.1, 0.15) is 0 Å². The van der Waals surface area contributed by atoms with Gasteiger partial charge in [-0.2, -0.15) is 0 Å². The first kappa shape index (κ1) is 31.6. The predicted octanol–water partition coefficient (Wildman–Crippen LogP) is 15.8. The van der Waals surface area contributed by atoms with Gasteiger partial charge in [0.05, 0.1) is 21.4 Å². The Labute approximate surface area is 331 Å². The molecule has 0 aliphatic carbocycles. The van der Waals surface area contributed by atoms with Gasteiger partial charge in [0.25, 0.3) is 0 Å². The zero-order valence-corrected chi connectivity index (χ0v) is 31.8. The predicted molar refractivity (Wildman–Crippen MR) is 244 cm³/mol. The lowest BCUT2D eigenvalue weighted by atomic mass is 9.99. The molecule has 0 fully saturated rings. The third-order valence-corrected chi connectivity index (χ3v) is 13.8. The fourth-order valence-corrected chi connectivity index (χ4v) is 11.3. The second-order valence-corrected chi connectivity index (χ2v) is 16.6. The van der Waals surface area contributed by atoms with E-state index >= 15 is 0 Å². The molecular weight excluding hydrogens is 717 g/mol. The topological polar surface area (TPSA) is 8.17 Å². The van der Waals surface area contributed by atoms with Crippen molar-refractivity contribution < 1.29 is 0 Å². The molecule has 0 amide bonds. The summed E-state index contributed by atoms with van der Waals surface area (Å²) in [6.45, 7) is 0. The highest BCUT2D eigenvalue weighted by atomic mass is 32.1. The van der Waals surface area contributed by atoms with Crippen molar-refractivity contribution in [2.45, 2.75) is 0 Å². The Bertz CT molecular complexity index is 3480. The number of para-hydroxylation sites is 2. The third-order valence-electron chi connectivity index (χ3n) is 11.3. The van der Waals surface area contributed by atoms with E-state index in [1.807, 2.05) is 22.7 Å². The minimum absolute atomic E-state index is 1.13. The minimum atomic E-state index is 1.13. The van der Waals surface area contributed by atoms with Crippen LogP contribution in [0.5, 0.6) is 0 Å². The number of rotatable bonds is 5.